The number of rotatable bonds is 3. The molecular weight excluding hydrogens is 449 g/mol. The van der Waals surface area contributed by atoms with Gasteiger partial charge in [-0.3, -0.25) is 8.32 Å². The molecule has 0 radical (unpaired) electrons. The van der Waals surface area contributed by atoms with E-state index in [4.69, 9.17) is 0 Å². The smallest absolute Gasteiger partial charge is 0.259 e. The lowest BCUT2D eigenvalue weighted by Crippen LogP contribution is -2.11. The highest BCUT2D eigenvalue weighted by molar-refractivity contribution is 14.1. The van der Waals surface area contributed by atoms with E-state index in [1.165, 1.54) is 0 Å². The second-order valence-electron chi connectivity index (χ2n) is 4.19. The zero-order valence-electron chi connectivity index (χ0n) is 10.5. The Morgan fingerprint density at radius 1 is 1.24 bits per heavy atom. The number of anilines is 2. The summed E-state index contributed by atoms with van der Waals surface area (Å²) in [4.78, 5) is 15.9. The van der Waals surface area contributed by atoms with Crippen molar-refractivity contribution in [3.63, 3.8) is 0 Å². The van der Waals surface area contributed by atoms with E-state index in [0.29, 0.717) is 11.5 Å². The third-order valence-corrected chi connectivity index (χ3v) is 3.91. The molecule has 1 aromatic carbocycles. The van der Waals surface area contributed by atoms with Crippen LogP contribution in [0.25, 0.3) is 5.65 Å². The van der Waals surface area contributed by atoms with Gasteiger partial charge in [-0.1, -0.05) is 0 Å². The molecule has 2 N–H and O–H groups in total. The Bertz CT molecular complexity index is 802. The van der Waals surface area contributed by atoms with Crippen LogP contribution in [-0.2, 0) is 0 Å². The Labute approximate surface area is 142 Å². The number of pyridine rings is 1. The second kappa shape index (κ2) is 5.98. The first kappa shape index (κ1) is 14.3. The zero-order chi connectivity index (χ0) is 14.8. The molecule has 0 aliphatic rings. The number of benzene rings is 1. The van der Waals surface area contributed by atoms with Crippen molar-refractivity contribution in [1.29, 1.82) is 0 Å². The van der Waals surface area contributed by atoms with Crippen LogP contribution in [0.1, 0.15) is 10.4 Å². The Morgan fingerprint density at radius 3 is 2.67 bits per heavy atom. The predicted octanol–water partition coefficient (Wildman–Crippen LogP) is 3.32. The molecule has 0 spiro atoms. The maximum absolute atomic E-state index is 11.5. The van der Waals surface area contributed by atoms with Crippen LogP contribution < -0.4 is 8.85 Å². The molecule has 0 saturated carbocycles. The number of hydrogen-bond acceptors (Lipinski definition) is 4. The topological polar surface area (TPSA) is 71.3 Å². The largest absolute Gasteiger partial charge is 0.323 e. The lowest BCUT2D eigenvalue weighted by atomic mass is 10.2. The summed E-state index contributed by atoms with van der Waals surface area (Å²) in [5.41, 5.74) is 2.15. The minimum atomic E-state index is -0.128. The maximum atomic E-state index is 11.5. The summed E-state index contributed by atoms with van der Waals surface area (Å²) in [6.45, 7) is 0. The monoisotopic (exact) mass is 457 g/mol. The zero-order valence-corrected chi connectivity index (χ0v) is 14.3. The highest BCUT2D eigenvalue weighted by Crippen LogP contribution is 2.19. The SMILES string of the molecule is O=C(NI)c1ccc(Nc2nc3c(Br)cccn3n2)cc1. The summed E-state index contributed by atoms with van der Waals surface area (Å²) in [5.74, 6) is 0.366. The highest BCUT2D eigenvalue weighted by Gasteiger charge is 2.07. The number of hydrogen-bond donors (Lipinski definition) is 2. The molecule has 21 heavy (non-hydrogen) atoms. The molecule has 3 aromatic rings. The van der Waals surface area contributed by atoms with Crippen LogP contribution in [0.15, 0.2) is 47.1 Å². The van der Waals surface area contributed by atoms with Crippen LogP contribution in [0.5, 0.6) is 0 Å². The van der Waals surface area contributed by atoms with E-state index in [2.05, 4.69) is 34.9 Å². The fourth-order valence-corrected chi connectivity index (χ4v) is 2.55. The normalized spacial score (nSPS) is 10.6. The summed E-state index contributed by atoms with van der Waals surface area (Å²) < 4.78 is 5.11. The first-order chi connectivity index (χ1) is 10.2. The molecule has 0 aliphatic carbocycles. The number of amides is 1. The summed E-state index contributed by atoms with van der Waals surface area (Å²) in [5, 5.41) is 7.43. The molecule has 2 aromatic heterocycles. The molecule has 6 nitrogen and oxygen atoms in total. The molecular formula is C13H9BrIN5O. The van der Waals surface area contributed by atoms with Gasteiger partial charge in [0.15, 0.2) is 5.65 Å². The van der Waals surface area contributed by atoms with Crippen molar-refractivity contribution < 1.29 is 4.79 Å². The van der Waals surface area contributed by atoms with Gasteiger partial charge in [0.25, 0.3) is 5.91 Å². The first-order valence-electron chi connectivity index (χ1n) is 5.96. The third-order valence-electron chi connectivity index (χ3n) is 2.80. The van der Waals surface area contributed by atoms with Gasteiger partial charge in [-0.05, 0) is 52.3 Å². The molecule has 106 valence electrons. The van der Waals surface area contributed by atoms with Crippen molar-refractivity contribution in [2.75, 3.05) is 5.32 Å². The summed E-state index contributed by atoms with van der Waals surface area (Å²) in [6.07, 6.45) is 1.83. The van der Waals surface area contributed by atoms with Crippen molar-refractivity contribution in [2.45, 2.75) is 0 Å². The number of halogens is 2. The van der Waals surface area contributed by atoms with Gasteiger partial charge in [-0.2, -0.15) is 4.98 Å². The maximum Gasteiger partial charge on any atom is 0.259 e. The first-order valence-corrected chi connectivity index (χ1v) is 7.83. The predicted molar refractivity (Wildman–Crippen MR) is 91.9 cm³/mol. The second-order valence-corrected chi connectivity index (χ2v) is 5.58. The average molecular weight is 458 g/mol. The lowest BCUT2D eigenvalue weighted by Gasteiger charge is -2.02. The van der Waals surface area contributed by atoms with E-state index >= 15 is 0 Å². The standard InChI is InChI=1S/C13H9BrIN5O/c14-10-2-1-7-20-11(10)17-13(19-20)16-9-5-3-8(4-6-9)12(21)18-15/h1-7H,(H,16,19)(H,18,21). The van der Waals surface area contributed by atoms with Gasteiger partial charge in [0.2, 0.25) is 5.95 Å². The molecule has 0 fully saturated rings. The number of nitrogens with zero attached hydrogens (tertiary/aromatic N) is 3. The molecule has 0 unspecified atom stereocenters. The van der Waals surface area contributed by atoms with E-state index in [0.717, 1.165) is 15.8 Å². The van der Waals surface area contributed by atoms with Crippen molar-refractivity contribution >= 4 is 62.0 Å². The van der Waals surface area contributed by atoms with Gasteiger partial charge in [-0.15, -0.1) is 5.10 Å². The van der Waals surface area contributed by atoms with Crippen LogP contribution in [-0.4, -0.2) is 20.5 Å². The van der Waals surface area contributed by atoms with Crippen LogP contribution in [0.3, 0.4) is 0 Å². The summed E-state index contributed by atoms with van der Waals surface area (Å²) >= 11 is 5.25. The fraction of sp³-hybridized carbons (Fsp3) is 0. The summed E-state index contributed by atoms with van der Waals surface area (Å²) in [7, 11) is 0. The van der Waals surface area contributed by atoms with Crippen LogP contribution in [0.4, 0.5) is 11.6 Å². The van der Waals surface area contributed by atoms with Gasteiger partial charge in [-0.25, -0.2) is 4.52 Å². The Kier molecular flexibility index (Phi) is 4.06. The molecule has 0 aliphatic heterocycles. The van der Waals surface area contributed by atoms with E-state index < -0.39 is 0 Å². The molecule has 0 bridgehead atoms. The average Bonchev–Trinajstić information content (AvgIpc) is 2.91. The Morgan fingerprint density at radius 2 is 2.00 bits per heavy atom. The van der Waals surface area contributed by atoms with E-state index in [-0.39, 0.29) is 5.91 Å². The van der Waals surface area contributed by atoms with E-state index in [1.54, 1.807) is 16.6 Å². The van der Waals surface area contributed by atoms with Crippen molar-refractivity contribution in [3.8, 4) is 0 Å². The van der Waals surface area contributed by atoms with E-state index in [1.807, 2.05) is 53.3 Å². The van der Waals surface area contributed by atoms with Gasteiger partial charge < -0.3 is 5.32 Å². The van der Waals surface area contributed by atoms with Crippen molar-refractivity contribution in [2.24, 2.45) is 0 Å². The van der Waals surface area contributed by atoms with Gasteiger partial charge >= 0.3 is 0 Å². The van der Waals surface area contributed by atoms with E-state index in [9.17, 15) is 4.79 Å². The molecule has 0 atom stereocenters. The molecule has 2 heterocycles. The van der Waals surface area contributed by atoms with Gasteiger partial charge in [0.05, 0.1) is 27.3 Å². The van der Waals surface area contributed by atoms with Gasteiger partial charge in [0, 0.05) is 17.4 Å². The minimum Gasteiger partial charge on any atom is -0.323 e. The highest BCUT2D eigenvalue weighted by atomic mass is 127. The van der Waals surface area contributed by atoms with Crippen LogP contribution in [0.2, 0.25) is 0 Å². The quantitative estimate of drug-likeness (QED) is 0.467. The van der Waals surface area contributed by atoms with Crippen molar-refractivity contribution in [1.82, 2.24) is 18.1 Å². The van der Waals surface area contributed by atoms with Crippen molar-refractivity contribution in [3.05, 3.63) is 52.6 Å². The number of aromatic nitrogens is 3. The van der Waals surface area contributed by atoms with Crippen LogP contribution in [0, 0.1) is 0 Å². The number of carbonyl (C=O) groups is 1. The van der Waals surface area contributed by atoms with Crippen LogP contribution >= 0.6 is 38.8 Å². The third kappa shape index (κ3) is 3.00. The Hall–Kier alpha value is -1.68. The number of fused-ring (bicyclic) bond motifs is 1. The lowest BCUT2D eigenvalue weighted by molar-refractivity contribution is 0.0989. The van der Waals surface area contributed by atoms with Gasteiger partial charge in [0.1, 0.15) is 0 Å². The molecule has 3 rings (SSSR count). The fourth-order valence-electron chi connectivity index (χ4n) is 1.82. The molecule has 1 amide bonds. The minimum absolute atomic E-state index is 0.128. The molecule has 8 heteroatoms. The Balaban J connectivity index is 1.85. The number of carbonyl (C=O) groups excluding carboxylic acids is 1. The number of nitrogens with one attached hydrogen (secondary N) is 2. The molecule has 0 saturated heterocycles. The summed E-state index contributed by atoms with van der Waals surface area (Å²) in [6, 6.07) is 10.9.